The number of benzene rings is 1. The van der Waals surface area contributed by atoms with E-state index >= 15 is 0 Å². The van der Waals surface area contributed by atoms with Gasteiger partial charge in [0.2, 0.25) is 0 Å². The van der Waals surface area contributed by atoms with Crippen LogP contribution in [0, 0.1) is 0 Å². The van der Waals surface area contributed by atoms with E-state index in [1.54, 1.807) is 0 Å². The Kier molecular flexibility index (Phi) is 5.43. The number of nitrogens with one attached hydrogen (secondary N) is 1. The summed E-state index contributed by atoms with van der Waals surface area (Å²) >= 11 is 0. The van der Waals surface area contributed by atoms with Crippen LogP contribution < -0.4 is 5.32 Å². The lowest BCUT2D eigenvalue weighted by Gasteiger charge is -2.24. The van der Waals surface area contributed by atoms with Crippen molar-refractivity contribution in [1.29, 1.82) is 0 Å². The van der Waals surface area contributed by atoms with E-state index in [9.17, 15) is 13.2 Å². The highest BCUT2D eigenvalue weighted by molar-refractivity contribution is 5.16. The molecule has 1 saturated heterocycles. The first-order valence-corrected chi connectivity index (χ1v) is 7.09. The average Bonchev–Trinajstić information content (AvgIpc) is 2.62. The van der Waals surface area contributed by atoms with Gasteiger partial charge in [0.15, 0.2) is 0 Å². The molecule has 1 atom stereocenters. The van der Waals surface area contributed by atoms with Gasteiger partial charge in [-0.1, -0.05) is 30.3 Å². The van der Waals surface area contributed by atoms with Crippen molar-refractivity contribution in [3.05, 3.63) is 35.9 Å². The fraction of sp³-hybridized carbons (Fsp3) is 0.600. The van der Waals surface area contributed by atoms with Crippen molar-refractivity contribution in [3.8, 4) is 0 Å². The number of alkyl halides is 3. The normalized spacial score (nSPS) is 21.6. The molecule has 2 rings (SSSR count). The predicted octanol–water partition coefficient (Wildman–Crippen LogP) is 2.85. The molecule has 0 aromatic heterocycles. The second-order valence-electron chi connectivity index (χ2n) is 5.36. The van der Waals surface area contributed by atoms with Gasteiger partial charge in [0, 0.05) is 19.1 Å². The minimum Gasteiger partial charge on any atom is -0.312 e. The van der Waals surface area contributed by atoms with Crippen LogP contribution in [-0.2, 0) is 6.42 Å². The van der Waals surface area contributed by atoms with Crippen LogP contribution >= 0.6 is 0 Å². The summed E-state index contributed by atoms with van der Waals surface area (Å²) in [4.78, 5) is 1.93. The third-order valence-electron chi connectivity index (χ3n) is 3.60. The molecule has 0 aliphatic carbocycles. The van der Waals surface area contributed by atoms with Gasteiger partial charge in [0.05, 0.1) is 6.42 Å². The summed E-state index contributed by atoms with van der Waals surface area (Å²) in [5.41, 5.74) is 1.22. The molecule has 0 radical (unpaired) electrons. The van der Waals surface area contributed by atoms with Crippen molar-refractivity contribution in [3.63, 3.8) is 0 Å². The molecule has 1 heterocycles. The lowest BCUT2D eigenvalue weighted by Crippen LogP contribution is -2.40. The van der Waals surface area contributed by atoms with Crippen molar-refractivity contribution in [2.45, 2.75) is 31.5 Å². The quantitative estimate of drug-likeness (QED) is 0.915. The van der Waals surface area contributed by atoms with Crippen LogP contribution in [-0.4, -0.2) is 43.3 Å². The molecule has 1 aromatic carbocycles. The summed E-state index contributed by atoms with van der Waals surface area (Å²) in [5.74, 6) is 0. The Morgan fingerprint density at radius 2 is 1.95 bits per heavy atom. The Bertz CT molecular complexity index is 392. The SMILES string of the molecule is FC(F)(F)CCN1CCCNC(Cc2ccccc2)C1. The minimum atomic E-state index is -4.06. The van der Waals surface area contributed by atoms with Gasteiger partial charge < -0.3 is 10.2 Å². The minimum absolute atomic E-state index is 0.108. The molecular formula is C15H21F3N2. The van der Waals surface area contributed by atoms with Gasteiger partial charge in [0.25, 0.3) is 0 Å². The lowest BCUT2D eigenvalue weighted by molar-refractivity contribution is -0.138. The molecular weight excluding hydrogens is 265 g/mol. The molecule has 1 N–H and O–H groups in total. The summed E-state index contributed by atoms with van der Waals surface area (Å²) in [7, 11) is 0. The Hall–Kier alpha value is -1.07. The Morgan fingerprint density at radius 1 is 1.20 bits per heavy atom. The Balaban J connectivity index is 1.86. The van der Waals surface area contributed by atoms with Crippen LogP contribution in [0.2, 0.25) is 0 Å². The molecule has 1 aliphatic rings. The maximum Gasteiger partial charge on any atom is 0.390 e. The highest BCUT2D eigenvalue weighted by atomic mass is 19.4. The first kappa shape index (κ1) is 15.3. The van der Waals surface area contributed by atoms with Crippen molar-refractivity contribution in [2.24, 2.45) is 0 Å². The van der Waals surface area contributed by atoms with Crippen LogP contribution in [0.15, 0.2) is 30.3 Å². The summed E-state index contributed by atoms with van der Waals surface area (Å²) < 4.78 is 36.9. The van der Waals surface area contributed by atoms with E-state index in [0.717, 1.165) is 25.9 Å². The Morgan fingerprint density at radius 3 is 2.65 bits per heavy atom. The maximum absolute atomic E-state index is 12.3. The van der Waals surface area contributed by atoms with Crippen LogP contribution in [0.3, 0.4) is 0 Å². The summed E-state index contributed by atoms with van der Waals surface area (Å²) in [6, 6.07) is 10.3. The average molecular weight is 286 g/mol. The predicted molar refractivity (Wildman–Crippen MR) is 73.7 cm³/mol. The van der Waals surface area contributed by atoms with Crippen LogP contribution in [0.5, 0.6) is 0 Å². The molecule has 0 bridgehead atoms. The number of rotatable bonds is 4. The Labute approximate surface area is 118 Å². The van der Waals surface area contributed by atoms with Gasteiger partial charge >= 0.3 is 6.18 Å². The maximum atomic E-state index is 12.3. The standard InChI is InChI=1S/C15H21F3N2/c16-15(17,18)7-10-20-9-4-8-19-14(12-20)11-13-5-2-1-3-6-13/h1-3,5-6,14,19H,4,7-12H2. The monoisotopic (exact) mass is 286 g/mol. The summed E-state index contributed by atoms with van der Waals surface area (Å²) in [5, 5.41) is 3.43. The van der Waals surface area contributed by atoms with E-state index in [1.165, 1.54) is 5.56 Å². The number of halogens is 3. The number of hydrogen-bond donors (Lipinski definition) is 1. The highest BCUT2D eigenvalue weighted by Gasteiger charge is 2.28. The topological polar surface area (TPSA) is 15.3 Å². The number of hydrogen-bond acceptors (Lipinski definition) is 2. The summed E-state index contributed by atoms with van der Waals surface area (Å²) in [6.07, 6.45) is -3.01. The zero-order chi connectivity index (χ0) is 14.4. The van der Waals surface area contributed by atoms with Gasteiger partial charge in [-0.3, -0.25) is 0 Å². The molecule has 1 aromatic rings. The van der Waals surface area contributed by atoms with E-state index in [4.69, 9.17) is 0 Å². The highest BCUT2D eigenvalue weighted by Crippen LogP contribution is 2.20. The van der Waals surface area contributed by atoms with Crippen molar-refractivity contribution in [2.75, 3.05) is 26.2 Å². The molecule has 1 aliphatic heterocycles. The fourth-order valence-corrected chi connectivity index (χ4v) is 2.60. The van der Waals surface area contributed by atoms with Gasteiger partial charge in [-0.15, -0.1) is 0 Å². The molecule has 0 amide bonds. The molecule has 20 heavy (non-hydrogen) atoms. The van der Waals surface area contributed by atoms with E-state index in [1.807, 2.05) is 23.1 Å². The molecule has 5 heteroatoms. The third kappa shape index (κ3) is 5.51. The third-order valence-corrected chi connectivity index (χ3v) is 3.60. The molecule has 112 valence electrons. The van der Waals surface area contributed by atoms with Gasteiger partial charge in [0.1, 0.15) is 0 Å². The summed E-state index contributed by atoms with van der Waals surface area (Å²) in [6.45, 7) is 2.41. The zero-order valence-electron chi connectivity index (χ0n) is 11.5. The number of nitrogens with zero attached hydrogens (tertiary/aromatic N) is 1. The van der Waals surface area contributed by atoms with Crippen LogP contribution in [0.1, 0.15) is 18.4 Å². The molecule has 1 fully saturated rings. The van der Waals surface area contributed by atoms with Crippen molar-refractivity contribution >= 4 is 0 Å². The van der Waals surface area contributed by atoms with Gasteiger partial charge in [-0.25, -0.2) is 0 Å². The first-order chi connectivity index (χ1) is 9.53. The van der Waals surface area contributed by atoms with Crippen molar-refractivity contribution < 1.29 is 13.2 Å². The second-order valence-corrected chi connectivity index (χ2v) is 5.36. The second kappa shape index (κ2) is 7.09. The molecule has 0 saturated carbocycles. The zero-order valence-corrected chi connectivity index (χ0v) is 11.5. The smallest absolute Gasteiger partial charge is 0.312 e. The van der Waals surface area contributed by atoms with E-state index in [2.05, 4.69) is 17.4 Å². The first-order valence-electron chi connectivity index (χ1n) is 7.09. The molecule has 2 nitrogen and oxygen atoms in total. The molecule has 1 unspecified atom stereocenters. The van der Waals surface area contributed by atoms with E-state index in [0.29, 0.717) is 6.54 Å². The molecule has 0 spiro atoms. The van der Waals surface area contributed by atoms with E-state index < -0.39 is 12.6 Å². The largest absolute Gasteiger partial charge is 0.390 e. The van der Waals surface area contributed by atoms with Crippen molar-refractivity contribution in [1.82, 2.24) is 10.2 Å². The van der Waals surface area contributed by atoms with Gasteiger partial charge in [-0.2, -0.15) is 13.2 Å². The van der Waals surface area contributed by atoms with Gasteiger partial charge in [-0.05, 0) is 31.5 Å². The fourth-order valence-electron chi connectivity index (χ4n) is 2.60. The van der Waals surface area contributed by atoms with E-state index in [-0.39, 0.29) is 12.6 Å². The lowest BCUT2D eigenvalue weighted by atomic mass is 10.1. The van der Waals surface area contributed by atoms with Crippen LogP contribution in [0.25, 0.3) is 0 Å². The van der Waals surface area contributed by atoms with Crippen LogP contribution in [0.4, 0.5) is 13.2 Å².